The van der Waals surface area contributed by atoms with Crippen molar-refractivity contribution < 1.29 is 4.79 Å². The zero-order valence-electron chi connectivity index (χ0n) is 15.4. The largest absolute Gasteiger partial charge is 0.348 e. The van der Waals surface area contributed by atoms with Gasteiger partial charge in [-0.15, -0.1) is 0 Å². The molecule has 1 aliphatic rings. The molecule has 26 heavy (non-hydrogen) atoms. The minimum absolute atomic E-state index is 0.0164. The van der Waals surface area contributed by atoms with Gasteiger partial charge in [0.05, 0.1) is 17.4 Å². The Morgan fingerprint density at radius 3 is 2.62 bits per heavy atom. The van der Waals surface area contributed by atoms with Crippen molar-refractivity contribution in [2.24, 2.45) is 5.92 Å². The highest BCUT2D eigenvalue weighted by Crippen LogP contribution is 2.41. The lowest BCUT2D eigenvalue weighted by molar-refractivity contribution is -0.119. The van der Waals surface area contributed by atoms with Gasteiger partial charge in [-0.05, 0) is 56.7 Å². The molecular formula is C21H23N3OS. The van der Waals surface area contributed by atoms with Crippen LogP contribution in [0.5, 0.6) is 0 Å². The quantitative estimate of drug-likeness (QED) is 0.778. The van der Waals surface area contributed by atoms with E-state index >= 15 is 0 Å². The number of hydrogen-bond acceptors (Lipinski definition) is 4. The molecule has 3 rings (SSSR count). The Kier molecular flexibility index (Phi) is 5.63. The number of rotatable bonds is 6. The van der Waals surface area contributed by atoms with Crippen LogP contribution in [-0.4, -0.2) is 16.6 Å². The highest BCUT2D eigenvalue weighted by atomic mass is 32.2. The molecule has 0 saturated heterocycles. The van der Waals surface area contributed by atoms with Gasteiger partial charge in [-0.3, -0.25) is 4.79 Å². The molecule has 1 atom stereocenters. The number of nitrogens with one attached hydrogen (secondary N) is 1. The maximum absolute atomic E-state index is 12.5. The number of carbonyl (C=O) groups is 1. The van der Waals surface area contributed by atoms with Gasteiger partial charge in [-0.1, -0.05) is 41.6 Å². The Morgan fingerprint density at radius 1 is 1.31 bits per heavy atom. The van der Waals surface area contributed by atoms with E-state index in [-0.39, 0.29) is 17.7 Å². The molecule has 1 saturated carbocycles. The van der Waals surface area contributed by atoms with Crippen LogP contribution in [0.15, 0.2) is 35.4 Å². The highest BCUT2D eigenvalue weighted by molar-refractivity contribution is 8.00. The summed E-state index contributed by atoms with van der Waals surface area (Å²) in [6.07, 6.45) is 2.31. The number of pyridine rings is 1. The van der Waals surface area contributed by atoms with Crippen molar-refractivity contribution >= 4 is 17.7 Å². The number of benzene rings is 1. The SMILES string of the molecule is Cc1ccc(C(NC(=O)CSc2nc(C)cc(C)c2C#N)C2CC2)cc1. The Morgan fingerprint density at radius 2 is 2.00 bits per heavy atom. The Bertz CT molecular complexity index is 851. The summed E-state index contributed by atoms with van der Waals surface area (Å²) in [5.41, 5.74) is 4.71. The van der Waals surface area contributed by atoms with E-state index in [1.807, 2.05) is 19.9 Å². The smallest absolute Gasteiger partial charge is 0.230 e. The first-order valence-electron chi connectivity index (χ1n) is 8.85. The molecule has 0 bridgehead atoms. The summed E-state index contributed by atoms with van der Waals surface area (Å²) in [5.74, 6) is 0.776. The normalized spacial score (nSPS) is 14.5. The Hall–Kier alpha value is -2.32. The Labute approximate surface area is 159 Å². The molecule has 2 aromatic rings. The number of carbonyl (C=O) groups excluding carboxylic acids is 1. The predicted octanol–water partition coefficient (Wildman–Crippen LogP) is 4.24. The first-order chi connectivity index (χ1) is 12.5. The first-order valence-corrected chi connectivity index (χ1v) is 9.83. The summed E-state index contributed by atoms with van der Waals surface area (Å²) in [7, 11) is 0. The number of aromatic nitrogens is 1. The fourth-order valence-corrected chi connectivity index (χ4v) is 3.98. The molecule has 4 nitrogen and oxygen atoms in total. The van der Waals surface area contributed by atoms with E-state index in [9.17, 15) is 10.1 Å². The average Bonchev–Trinajstić information content (AvgIpc) is 3.43. The monoisotopic (exact) mass is 365 g/mol. The standard InChI is InChI=1S/C21H23N3OS/c1-13-4-6-16(7-5-13)20(17-8-9-17)24-19(25)12-26-21-18(11-22)14(2)10-15(3)23-21/h4-7,10,17,20H,8-9,12H2,1-3H3,(H,24,25). The van der Waals surface area contributed by atoms with E-state index in [0.717, 1.165) is 24.1 Å². The molecule has 1 unspecified atom stereocenters. The number of aryl methyl sites for hydroxylation is 3. The van der Waals surface area contributed by atoms with Crippen molar-refractivity contribution in [3.05, 3.63) is 58.3 Å². The van der Waals surface area contributed by atoms with Crippen LogP contribution in [0.3, 0.4) is 0 Å². The summed E-state index contributed by atoms with van der Waals surface area (Å²) in [4.78, 5) is 17.0. The van der Waals surface area contributed by atoms with Crippen molar-refractivity contribution in [2.75, 3.05) is 5.75 Å². The first kappa shape index (κ1) is 18.5. The van der Waals surface area contributed by atoms with Gasteiger partial charge in [0.15, 0.2) is 0 Å². The van der Waals surface area contributed by atoms with Gasteiger partial charge in [0.1, 0.15) is 11.1 Å². The fraction of sp³-hybridized carbons (Fsp3) is 0.381. The number of amides is 1. The van der Waals surface area contributed by atoms with Crippen molar-refractivity contribution in [1.82, 2.24) is 10.3 Å². The predicted molar refractivity (Wildman–Crippen MR) is 104 cm³/mol. The van der Waals surface area contributed by atoms with Gasteiger partial charge in [-0.2, -0.15) is 5.26 Å². The summed E-state index contributed by atoms with van der Waals surface area (Å²) in [6, 6.07) is 12.5. The van der Waals surface area contributed by atoms with Crippen LogP contribution in [0.4, 0.5) is 0 Å². The lowest BCUT2D eigenvalue weighted by Gasteiger charge is -2.19. The zero-order chi connectivity index (χ0) is 18.7. The molecule has 0 spiro atoms. The molecule has 1 aliphatic carbocycles. The molecular weight excluding hydrogens is 342 g/mol. The van der Waals surface area contributed by atoms with Crippen LogP contribution in [0, 0.1) is 38.0 Å². The average molecular weight is 366 g/mol. The number of nitrogens with zero attached hydrogens (tertiary/aromatic N) is 2. The van der Waals surface area contributed by atoms with Gasteiger partial charge in [0.2, 0.25) is 5.91 Å². The molecule has 5 heteroatoms. The van der Waals surface area contributed by atoms with E-state index < -0.39 is 0 Å². The zero-order valence-corrected chi connectivity index (χ0v) is 16.2. The summed E-state index contributed by atoms with van der Waals surface area (Å²) in [5, 5.41) is 13.2. The molecule has 1 amide bonds. The lowest BCUT2D eigenvalue weighted by Crippen LogP contribution is -2.31. The third-order valence-electron chi connectivity index (χ3n) is 4.61. The lowest BCUT2D eigenvalue weighted by atomic mass is 10.0. The summed E-state index contributed by atoms with van der Waals surface area (Å²) < 4.78 is 0. The summed E-state index contributed by atoms with van der Waals surface area (Å²) in [6.45, 7) is 5.87. The topological polar surface area (TPSA) is 65.8 Å². The molecule has 134 valence electrons. The molecule has 1 fully saturated rings. The van der Waals surface area contributed by atoms with Gasteiger partial charge >= 0.3 is 0 Å². The maximum atomic E-state index is 12.5. The van der Waals surface area contributed by atoms with Gasteiger partial charge in [-0.25, -0.2) is 4.98 Å². The molecule has 1 aromatic heterocycles. The van der Waals surface area contributed by atoms with Crippen LogP contribution in [0.2, 0.25) is 0 Å². The van der Waals surface area contributed by atoms with E-state index in [1.54, 1.807) is 0 Å². The number of nitriles is 1. The van der Waals surface area contributed by atoms with E-state index in [2.05, 4.69) is 47.6 Å². The van der Waals surface area contributed by atoms with Gasteiger partial charge < -0.3 is 5.32 Å². The Balaban J connectivity index is 1.67. The van der Waals surface area contributed by atoms with E-state index in [0.29, 0.717) is 16.5 Å². The molecule has 0 radical (unpaired) electrons. The third kappa shape index (κ3) is 4.44. The van der Waals surface area contributed by atoms with Crippen LogP contribution < -0.4 is 5.32 Å². The van der Waals surface area contributed by atoms with Crippen molar-refractivity contribution in [3.8, 4) is 6.07 Å². The number of thioether (sulfide) groups is 1. The van der Waals surface area contributed by atoms with E-state index in [1.165, 1.54) is 22.9 Å². The van der Waals surface area contributed by atoms with Gasteiger partial charge in [0.25, 0.3) is 0 Å². The second kappa shape index (κ2) is 7.92. The maximum Gasteiger partial charge on any atom is 0.230 e. The highest BCUT2D eigenvalue weighted by Gasteiger charge is 2.33. The number of hydrogen-bond donors (Lipinski definition) is 1. The van der Waals surface area contributed by atoms with Crippen LogP contribution in [-0.2, 0) is 4.79 Å². The van der Waals surface area contributed by atoms with E-state index in [4.69, 9.17) is 0 Å². The summed E-state index contributed by atoms with van der Waals surface area (Å²) >= 11 is 1.33. The van der Waals surface area contributed by atoms with Crippen molar-refractivity contribution in [3.63, 3.8) is 0 Å². The second-order valence-corrected chi connectivity index (χ2v) is 7.92. The molecule has 1 N–H and O–H groups in total. The van der Waals surface area contributed by atoms with Gasteiger partial charge in [0, 0.05) is 5.69 Å². The van der Waals surface area contributed by atoms with Crippen molar-refractivity contribution in [2.45, 2.75) is 44.7 Å². The van der Waals surface area contributed by atoms with Crippen LogP contribution >= 0.6 is 11.8 Å². The molecule has 1 aromatic carbocycles. The minimum atomic E-state index is -0.0164. The van der Waals surface area contributed by atoms with Crippen LogP contribution in [0.25, 0.3) is 0 Å². The minimum Gasteiger partial charge on any atom is -0.348 e. The third-order valence-corrected chi connectivity index (χ3v) is 5.59. The fourth-order valence-electron chi connectivity index (χ4n) is 3.07. The van der Waals surface area contributed by atoms with Crippen LogP contribution in [0.1, 0.15) is 46.8 Å². The molecule has 1 heterocycles. The second-order valence-electron chi connectivity index (χ2n) is 6.95. The molecule has 0 aliphatic heterocycles. The van der Waals surface area contributed by atoms with Crippen molar-refractivity contribution in [1.29, 1.82) is 5.26 Å².